The molecule has 2 N–H and O–H groups in total. The van der Waals surface area contributed by atoms with Crippen molar-refractivity contribution in [3.8, 4) is 5.75 Å². The SMILES string of the molecule is CCCc1ccc(OCCC(NC2CC2)C(=O)O)cc1. The molecule has 1 aromatic rings. The van der Waals surface area contributed by atoms with Gasteiger partial charge >= 0.3 is 5.97 Å². The predicted octanol–water partition coefficient (Wildman–Crippen LogP) is 2.61. The standard InChI is InChI=1S/C16H23NO3/c1-2-3-12-4-8-14(9-5-12)20-11-10-15(16(18)19)17-13-6-7-13/h4-5,8-9,13,15,17H,2-3,6-7,10-11H2,1H3,(H,18,19). The molecule has 1 aromatic carbocycles. The van der Waals surface area contributed by atoms with Crippen LogP contribution in [0.15, 0.2) is 24.3 Å². The van der Waals surface area contributed by atoms with Gasteiger partial charge in [0.05, 0.1) is 6.61 Å². The molecule has 0 radical (unpaired) electrons. The molecule has 1 saturated carbocycles. The summed E-state index contributed by atoms with van der Waals surface area (Å²) in [5.74, 6) is 0.0132. The Kier molecular flexibility index (Phi) is 5.41. The Hall–Kier alpha value is -1.55. The Balaban J connectivity index is 1.74. The first-order valence-corrected chi connectivity index (χ1v) is 7.39. The highest BCUT2D eigenvalue weighted by molar-refractivity contribution is 5.73. The lowest BCUT2D eigenvalue weighted by atomic mass is 10.1. The quantitative estimate of drug-likeness (QED) is 0.728. The molecule has 0 aromatic heterocycles. The first-order chi connectivity index (χ1) is 9.69. The summed E-state index contributed by atoms with van der Waals surface area (Å²) in [6.07, 6.45) is 4.87. The second-order valence-electron chi connectivity index (χ2n) is 5.36. The van der Waals surface area contributed by atoms with Crippen LogP contribution in [0.1, 0.15) is 38.2 Å². The molecule has 0 aliphatic heterocycles. The summed E-state index contributed by atoms with van der Waals surface area (Å²) in [4.78, 5) is 11.1. The highest BCUT2D eigenvalue weighted by Gasteiger charge is 2.27. The van der Waals surface area contributed by atoms with Crippen molar-refractivity contribution in [1.82, 2.24) is 5.32 Å². The number of aryl methyl sites for hydroxylation is 1. The molecule has 1 unspecified atom stereocenters. The summed E-state index contributed by atoms with van der Waals surface area (Å²) in [6.45, 7) is 2.58. The number of nitrogens with one attached hydrogen (secondary N) is 1. The normalized spacial score (nSPS) is 15.8. The maximum atomic E-state index is 11.1. The number of hydrogen-bond donors (Lipinski definition) is 2. The lowest BCUT2D eigenvalue weighted by molar-refractivity contribution is -0.139. The van der Waals surface area contributed by atoms with Gasteiger partial charge < -0.3 is 15.2 Å². The van der Waals surface area contributed by atoms with Gasteiger partial charge in [-0.2, -0.15) is 0 Å². The molecule has 0 saturated heterocycles. The maximum absolute atomic E-state index is 11.1. The van der Waals surface area contributed by atoms with Crippen LogP contribution < -0.4 is 10.1 Å². The molecule has 1 atom stereocenters. The van der Waals surface area contributed by atoms with Gasteiger partial charge in [0, 0.05) is 12.5 Å². The van der Waals surface area contributed by atoms with Gasteiger partial charge in [0.15, 0.2) is 0 Å². The van der Waals surface area contributed by atoms with Crippen molar-refractivity contribution in [2.45, 2.75) is 51.1 Å². The zero-order valence-corrected chi connectivity index (χ0v) is 12.0. The highest BCUT2D eigenvalue weighted by Crippen LogP contribution is 2.20. The molecule has 4 nitrogen and oxygen atoms in total. The zero-order chi connectivity index (χ0) is 14.4. The van der Waals surface area contributed by atoms with Crippen molar-refractivity contribution >= 4 is 5.97 Å². The molecule has 1 aliphatic rings. The molecule has 0 heterocycles. The van der Waals surface area contributed by atoms with E-state index in [2.05, 4.69) is 24.4 Å². The van der Waals surface area contributed by atoms with Crippen LogP contribution in [-0.2, 0) is 11.2 Å². The van der Waals surface area contributed by atoms with E-state index in [-0.39, 0.29) is 0 Å². The van der Waals surface area contributed by atoms with Crippen LogP contribution in [0.4, 0.5) is 0 Å². The van der Waals surface area contributed by atoms with Crippen LogP contribution in [0.3, 0.4) is 0 Å². The fraction of sp³-hybridized carbons (Fsp3) is 0.562. The van der Waals surface area contributed by atoms with Crippen LogP contribution >= 0.6 is 0 Å². The maximum Gasteiger partial charge on any atom is 0.320 e. The number of carbonyl (C=O) groups is 1. The monoisotopic (exact) mass is 277 g/mol. The summed E-state index contributed by atoms with van der Waals surface area (Å²) in [5, 5.41) is 12.2. The van der Waals surface area contributed by atoms with Gasteiger partial charge in [-0.15, -0.1) is 0 Å². The molecule has 0 spiro atoms. The van der Waals surface area contributed by atoms with E-state index in [1.54, 1.807) is 0 Å². The number of rotatable bonds is 9. The van der Waals surface area contributed by atoms with E-state index in [0.717, 1.165) is 31.4 Å². The minimum absolute atomic E-state index is 0.393. The second kappa shape index (κ2) is 7.29. The Morgan fingerprint density at radius 2 is 2.10 bits per heavy atom. The van der Waals surface area contributed by atoms with Gasteiger partial charge in [0.1, 0.15) is 11.8 Å². The minimum Gasteiger partial charge on any atom is -0.494 e. The number of benzene rings is 1. The third-order valence-electron chi connectivity index (χ3n) is 3.45. The number of carboxylic acid groups (broad SMARTS) is 1. The summed E-state index contributed by atoms with van der Waals surface area (Å²) >= 11 is 0. The van der Waals surface area contributed by atoms with Gasteiger partial charge in [-0.25, -0.2) is 0 Å². The van der Waals surface area contributed by atoms with E-state index in [0.29, 0.717) is 19.1 Å². The van der Waals surface area contributed by atoms with Gasteiger partial charge in [0.25, 0.3) is 0 Å². The van der Waals surface area contributed by atoms with Crippen LogP contribution in [0.25, 0.3) is 0 Å². The second-order valence-corrected chi connectivity index (χ2v) is 5.36. The van der Waals surface area contributed by atoms with Crippen molar-refractivity contribution in [1.29, 1.82) is 0 Å². The Morgan fingerprint density at radius 3 is 2.65 bits per heavy atom. The average Bonchev–Trinajstić information content (AvgIpc) is 3.24. The predicted molar refractivity (Wildman–Crippen MR) is 78.1 cm³/mol. The molecule has 110 valence electrons. The number of ether oxygens (including phenoxy) is 1. The fourth-order valence-corrected chi connectivity index (χ4v) is 2.15. The molecule has 0 bridgehead atoms. The Bertz CT molecular complexity index is 426. The summed E-state index contributed by atoms with van der Waals surface area (Å²) in [5.41, 5.74) is 1.30. The molecule has 0 amide bonds. The summed E-state index contributed by atoms with van der Waals surface area (Å²) in [6, 6.07) is 7.93. The number of aliphatic carboxylic acids is 1. The van der Waals surface area contributed by atoms with E-state index in [1.807, 2.05) is 12.1 Å². The van der Waals surface area contributed by atoms with Crippen LogP contribution in [0, 0.1) is 0 Å². The fourth-order valence-electron chi connectivity index (χ4n) is 2.15. The molecule has 1 fully saturated rings. The van der Waals surface area contributed by atoms with Crippen LogP contribution in [0.2, 0.25) is 0 Å². The lowest BCUT2D eigenvalue weighted by Gasteiger charge is -2.14. The van der Waals surface area contributed by atoms with Gasteiger partial charge in [-0.1, -0.05) is 25.5 Å². The average molecular weight is 277 g/mol. The topological polar surface area (TPSA) is 58.6 Å². The smallest absolute Gasteiger partial charge is 0.320 e. The van der Waals surface area contributed by atoms with Gasteiger partial charge in [0.2, 0.25) is 0 Å². The van der Waals surface area contributed by atoms with Crippen molar-refractivity contribution in [3.63, 3.8) is 0 Å². The zero-order valence-electron chi connectivity index (χ0n) is 12.0. The minimum atomic E-state index is -0.793. The van der Waals surface area contributed by atoms with E-state index in [1.165, 1.54) is 5.56 Å². The van der Waals surface area contributed by atoms with Crippen molar-refractivity contribution in [3.05, 3.63) is 29.8 Å². The first kappa shape index (κ1) is 14.9. The van der Waals surface area contributed by atoms with E-state index in [9.17, 15) is 4.79 Å². The molecular weight excluding hydrogens is 254 g/mol. The van der Waals surface area contributed by atoms with Crippen molar-refractivity contribution in [2.75, 3.05) is 6.61 Å². The first-order valence-electron chi connectivity index (χ1n) is 7.39. The highest BCUT2D eigenvalue weighted by atomic mass is 16.5. The lowest BCUT2D eigenvalue weighted by Crippen LogP contribution is -2.39. The van der Waals surface area contributed by atoms with Crippen molar-refractivity contribution in [2.24, 2.45) is 0 Å². The van der Waals surface area contributed by atoms with Crippen LogP contribution in [0.5, 0.6) is 5.75 Å². The number of hydrogen-bond acceptors (Lipinski definition) is 3. The molecular formula is C16H23NO3. The van der Waals surface area contributed by atoms with E-state index < -0.39 is 12.0 Å². The molecule has 1 aliphatic carbocycles. The third-order valence-corrected chi connectivity index (χ3v) is 3.45. The summed E-state index contributed by atoms with van der Waals surface area (Å²) < 4.78 is 5.62. The van der Waals surface area contributed by atoms with Gasteiger partial charge in [-0.3, -0.25) is 4.79 Å². The van der Waals surface area contributed by atoms with E-state index >= 15 is 0 Å². The molecule has 4 heteroatoms. The number of carboxylic acids is 1. The van der Waals surface area contributed by atoms with Gasteiger partial charge in [-0.05, 0) is 37.0 Å². The molecule has 2 rings (SSSR count). The Morgan fingerprint density at radius 1 is 1.40 bits per heavy atom. The van der Waals surface area contributed by atoms with Crippen molar-refractivity contribution < 1.29 is 14.6 Å². The summed E-state index contributed by atoms with van der Waals surface area (Å²) in [7, 11) is 0. The van der Waals surface area contributed by atoms with E-state index in [4.69, 9.17) is 9.84 Å². The van der Waals surface area contributed by atoms with Crippen LogP contribution in [-0.4, -0.2) is 29.8 Å². The largest absolute Gasteiger partial charge is 0.494 e. The molecule has 20 heavy (non-hydrogen) atoms. The third kappa shape index (κ3) is 4.85. The Labute approximate surface area is 120 Å².